The Bertz CT molecular complexity index is 470. The highest BCUT2D eigenvalue weighted by Crippen LogP contribution is 2.29. The van der Waals surface area contributed by atoms with Crippen LogP contribution in [0.25, 0.3) is 0 Å². The van der Waals surface area contributed by atoms with E-state index in [1.54, 1.807) is 20.8 Å². The quantitative estimate of drug-likeness (QED) is 0.873. The predicted octanol–water partition coefficient (Wildman–Crippen LogP) is 3.47. The van der Waals surface area contributed by atoms with E-state index in [2.05, 4.69) is 10.1 Å². The summed E-state index contributed by atoms with van der Waals surface area (Å²) >= 11 is 0. The zero-order valence-corrected chi connectivity index (χ0v) is 12.9. The first-order valence-corrected chi connectivity index (χ1v) is 6.80. The summed E-state index contributed by atoms with van der Waals surface area (Å²) < 4.78 is 28.6. The first kappa shape index (κ1) is 17.6. The van der Waals surface area contributed by atoms with Crippen molar-refractivity contribution in [2.45, 2.75) is 40.9 Å². The van der Waals surface area contributed by atoms with Crippen LogP contribution in [0.1, 0.15) is 31.9 Å². The lowest BCUT2D eigenvalue weighted by molar-refractivity contribution is -0.137. The fourth-order valence-corrected chi connectivity index (χ4v) is 1.88. The number of nitrogens with one attached hydrogen (secondary N) is 1. The molecule has 1 aromatic carbocycles. The standard InChI is InChI=1S/C16H22F2NO2/c1-11-6-5-7-12(8-11)9-19-14(20)13(16(2,3)4)10-21-15(17)18/h5-8,15H,9-10H2,1-4H3,(H,19,20). The lowest BCUT2D eigenvalue weighted by Gasteiger charge is -2.28. The van der Waals surface area contributed by atoms with Gasteiger partial charge in [-0.05, 0) is 17.9 Å². The predicted molar refractivity (Wildman–Crippen MR) is 77.7 cm³/mol. The lowest BCUT2D eigenvalue weighted by atomic mass is 9.80. The Kier molecular flexibility index (Phi) is 6.27. The fourth-order valence-electron chi connectivity index (χ4n) is 1.88. The van der Waals surface area contributed by atoms with E-state index >= 15 is 0 Å². The topological polar surface area (TPSA) is 38.3 Å². The van der Waals surface area contributed by atoms with Crippen LogP contribution in [0.2, 0.25) is 0 Å². The summed E-state index contributed by atoms with van der Waals surface area (Å²) in [5.41, 5.74) is 1.53. The first-order valence-electron chi connectivity index (χ1n) is 6.80. The van der Waals surface area contributed by atoms with Crippen molar-refractivity contribution in [3.63, 3.8) is 0 Å². The molecule has 1 amide bonds. The molecule has 0 aliphatic heterocycles. The molecule has 5 heteroatoms. The highest BCUT2D eigenvalue weighted by atomic mass is 19.3. The van der Waals surface area contributed by atoms with E-state index in [0.29, 0.717) is 12.5 Å². The minimum Gasteiger partial charge on any atom is -0.351 e. The zero-order chi connectivity index (χ0) is 16.0. The zero-order valence-electron chi connectivity index (χ0n) is 12.9. The molecule has 1 rings (SSSR count). The number of hydrogen-bond acceptors (Lipinski definition) is 2. The highest BCUT2D eigenvalue weighted by Gasteiger charge is 2.33. The third-order valence-electron chi connectivity index (χ3n) is 3.07. The SMILES string of the molecule is Cc1cccc(CNC(=O)[C](COC(F)F)C(C)(C)C)c1. The van der Waals surface area contributed by atoms with Crippen LogP contribution in [0.5, 0.6) is 0 Å². The normalized spacial score (nSPS) is 12.0. The van der Waals surface area contributed by atoms with Crippen molar-refractivity contribution < 1.29 is 18.3 Å². The van der Waals surface area contributed by atoms with E-state index < -0.39 is 12.0 Å². The Labute approximate surface area is 124 Å². The second-order valence-corrected chi connectivity index (χ2v) is 5.97. The largest absolute Gasteiger partial charge is 0.351 e. The molecule has 0 saturated carbocycles. The molecular formula is C16H22F2NO2. The Hall–Kier alpha value is -1.49. The van der Waals surface area contributed by atoms with E-state index in [1.807, 2.05) is 31.2 Å². The Morgan fingerprint density at radius 2 is 2.00 bits per heavy atom. The molecule has 0 bridgehead atoms. The summed E-state index contributed by atoms with van der Waals surface area (Å²) in [6.45, 7) is 4.45. The summed E-state index contributed by atoms with van der Waals surface area (Å²) in [5.74, 6) is -0.0555. The molecule has 117 valence electrons. The maximum atomic E-state index is 12.2. The summed E-state index contributed by atoms with van der Waals surface area (Å²) in [5, 5.41) is 2.76. The third kappa shape index (κ3) is 6.21. The molecule has 0 aromatic heterocycles. The molecule has 0 spiro atoms. The molecule has 1 N–H and O–H groups in total. The van der Waals surface area contributed by atoms with Crippen LogP contribution in [0.4, 0.5) is 8.78 Å². The van der Waals surface area contributed by atoms with Crippen LogP contribution in [-0.4, -0.2) is 19.1 Å². The van der Waals surface area contributed by atoms with Crippen LogP contribution < -0.4 is 5.32 Å². The lowest BCUT2D eigenvalue weighted by Crippen LogP contribution is -2.39. The number of rotatable bonds is 6. The first-order chi connectivity index (χ1) is 9.70. The minimum atomic E-state index is -2.88. The van der Waals surface area contributed by atoms with Gasteiger partial charge in [-0.25, -0.2) is 0 Å². The number of hydrogen-bond donors (Lipinski definition) is 1. The van der Waals surface area contributed by atoms with Gasteiger partial charge in [0.05, 0.1) is 12.5 Å². The average Bonchev–Trinajstić information content (AvgIpc) is 2.34. The number of halogens is 2. The van der Waals surface area contributed by atoms with Gasteiger partial charge in [-0.2, -0.15) is 8.78 Å². The Morgan fingerprint density at radius 1 is 1.33 bits per heavy atom. The molecule has 0 saturated heterocycles. The van der Waals surface area contributed by atoms with Gasteiger partial charge >= 0.3 is 6.61 Å². The average molecular weight is 298 g/mol. The molecule has 0 aliphatic carbocycles. The maximum Gasteiger partial charge on any atom is 0.345 e. The molecule has 3 nitrogen and oxygen atoms in total. The number of amides is 1. The van der Waals surface area contributed by atoms with Crippen LogP contribution in [0, 0.1) is 18.3 Å². The van der Waals surface area contributed by atoms with Crippen molar-refractivity contribution in [1.29, 1.82) is 0 Å². The van der Waals surface area contributed by atoms with E-state index in [0.717, 1.165) is 11.1 Å². The van der Waals surface area contributed by atoms with Gasteiger partial charge in [-0.3, -0.25) is 4.79 Å². The molecule has 21 heavy (non-hydrogen) atoms. The van der Waals surface area contributed by atoms with Gasteiger partial charge in [0.1, 0.15) is 0 Å². The van der Waals surface area contributed by atoms with Gasteiger partial charge in [0.25, 0.3) is 0 Å². The minimum absolute atomic E-state index is 0.301. The van der Waals surface area contributed by atoms with E-state index in [4.69, 9.17) is 0 Å². The highest BCUT2D eigenvalue weighted by molar-refractivity contribution is 5.91. The van der Waals surface area contributed by atoms with Crippen molar-refractivity contribution in [2.75, 3.05) is 6.61 Å². The van der Waals surface area contributed by atoms with E-state index in [9.17, 15) is 13.6 Å². The maximum absolute atomic E-state index is 12.2. The third-order valence-corrected chi connectivity index (χ3v) is 3.07. The van der Waals surface area contributed by atoms with Crippen molar-refractivity contribution in [2.24, 2.45) is 5.41 Å². The smallest absolute Gasteiger partial charge is 0.345 e. The van der Waals surface area contributed by atoms with Gasteiger partial charge in [-0.15, -0.1) is 0 Å². The monoisotopic (exact) mass is 298 g/mol. The molecule has 0 heterocycles. The number of alkyl halides is 2. The van der Waals surface area contributed by atoms with Gasteiger partial charge in [0.15, 0.2) is 0 Å². The van der Waals surface area contributed by atoms with E-state index in [1.165, 1.54) is 0 Å². The van der Waals surface area contributed by atoms with Crippen molar-refractivity contribution in [1.82, 2.24) is 5.32 Å². The molecule has 0 fully saturated rings. The number of carbonyl (C=O) groups excluding carboxylic acids is 1. The molecule has 1 radical (unpaired) electrons. The van der Waals surface area contributed by atoms with Crippen LogP contribution >= 0.6 is 0 Å². The molecular weight excluding hydrogens is 276 g/mol. The van der Waals surface area contributed by atoms with Gasteiger partial charge in [0.2, 0.25) is 5.91 Å². The molecule has 1 aromatic rings. The number of ether oxygens (including phenoxy) is 1. The van der Waals surface area contributed by atoms with Crippen molar-refractivity contribution >= 4 is 5.91 Å². The van der Waals surface area contributed by atoms with Gasteiger partial charge < -0.3 is 10.1 Å². The van der Waals surface area contributed by atoms with Crippen molar-refractivity contribution in [3.8, 4) is 0 Å². The summed E-state index contributed by atoms with van der Waals surface area (Å²) in [6, 6.07) is 7.74. The van der Waals surface area contributed by atoms with Crippen LogP contribution in [-0.2, 0) is 16.1 Å². The second-order valence-electron chi connectivity index (χ2n) is 5.97. The Balaban J connectivity index is 2.64. The molecule has 0 atom stereocenters. The fraction of sp³-hybridized carbons (Fsp3) is 0.500. The number of aryl methyl sites for hydroxylation is 1. The van der Waals surface area contributed by atoms with Crippen LogP contribution in [0.15, 0.2) is 24.3 Å². The Morgan fingerprint density at radius 3 is 2.52 bits per heavy atom. The van der Waals surface area contributed by atoms with E-state index in [-0.39, 0.29) is 12.5 Å². The number of benzene rings is 1. The second kappa shape index (κ2) is 7.50. The summed E-state index contributed by atoms with van der Waals surface area (Å²) in [4.78, 5) is 12.2. The summed E-state index contributed by atoms with van der Waals surface area (Å²) in [7, 11) is 0. The van der Waals surface area contributed by atoms with Crippen molar-refractivity contribution in [3.05, 3.63) is 41.3 Å². The van der Waals surface area contributed by atoms with Gasteiger partial charge in [0, 0.05) is 6.54 Å². The number of carbonyl (C=O) groups is 1. The summed E-state index contributed by atoms with van der Waals surface area (Å²) in [6.07, 6.45) is 0. The van der Waals surface area contributed by atoms with Crippen LogP contribution in [0.3, 0.4) is 0 Å². The molecule has 0 unspecified atom stereocenters. The van der Waals surface area contributed by atoms with Gasteiger partial charge in [-0.1, -0.05) is 50.6 Å². The molecule has 0 aliphatic rings.